The fourth-order valence-corrected chi connectivity index (χ4v) is 5.87. The highest BCUT2D eigenvalue weighted by Gasteiger charge is 2.39. The number of aliphatic hydroxyl groups is 1. The van der Waals surface area contributed by atoms with Crippen LogP contribution in [0.15, 0.2) is 65.4 Å². The molecule has 218 valence electrons. The Kier molecular flexibility index (Phi) is 8.19. The van der Waals surface area contributed by atoms with Crippen molar-refractivity contribution in [2.24, 2.45) is 0 Å². The average molecular weight is 571 g/mol. The second-order valence-corrected chi connectivity index (χ2v) is 10.9. The molecular weight excluding hydrogens is 537 g/mol. The van der Waals surface area contributed by atoms with Crippen LogP contribution in [0.1, 0.15) is 53.6 Å². The van der Waals surface area contributed by atoms with Gasteiger partial charge >= 0.3 is 6.18 Å². The van der Waals surface area contributed by atoms with Gasteiger partial charge in [0.1, 0.15) is 6.26 Å². The van der Waals surface area contributed by atoms with E-state index in [4.69, 9.17) is 4.42 Å². The lowest BCUT2D eigenvalue weighted by atomic mass is 9.77. The smallest absolute Gasteiger partial charge is 0.416 e. The number of carbonyl (C=O) groups excluding carboxylic acids is 2. The van der Waals surface area contributed by atoms with Gasteiger partial charge in [0.25, 0.3) is 5.91 Å². The molecular formula is C30H33F3N4O4. The Bertz CT molecular complexity index is 1350. The van der Waals surface area contributed by atoms with Crippen molar-refractivity contribution in [2.75, 3.05) is 26.7 Å². The third-order valence-corrected chi connectivity index (χ3v) is 8.40. The number of hydrogen-bond donors (Lipinski definition) is 2. The summed E-state index contributed by atoms with van der Waals surface area (Å²) in [5.74, 6) is -0.456. The topological polar surface area (TPSA) is 98.9 Å². The van der Waals surface area contributed by atoms with Gasteiger partial charge in [0, 0.05) is 36.3 Å². The fourth-order valence-electron chi connectivity index (χ4n) is 5.87. The van der Waals surface area contributed by atoms with Crippen molar-refractivity contribution in [3.63, 3.8) is 0 Å². The lowest BCUT2D eigenvalue weighted by Crippen LogP contribution is -2.47. The predicted molar refractivity (Wildman–Crippen MR) is 145 cm³/mol. The van der Waals surface area contributed by atoms with Gasteiger partial charge in [-0.25, -0.2) is 4.98 Å². The monoisotopic (exact) mass is 570 g/mol. The second-order valence-electron chi connectivity index (χ2n) is 10.9. The van der Waals surface area contributed by atoms with E-state index in [1.54, 1.807) is 11.1 Å². The summed E-state index contributed by atoms with van der Waals surface area (Å²) in [4.78, 5) is 33.3. The van der Waals surface area contributed by atoms with E-state index in [1.165, 1.54) is 18.4 Å². The van der Waals surface area contributed by atoms with Gasteiger partial charge in [-0.3, -0.25) is 14.5 Å². The highest BCUT2D eigenvalue weighted by Crippen LogP contribution is 2.39. The molecule has 1 atom stereocenters. The second kappa shape index (κ2) is 11.7. The van der Waals surface area contributed by atoms with Gasteiger partial charge < -0.3 is 19.7 Å². The van der Waals surface area contributed by atoms with E-state index in [9.17, 15) is 27.9 Å². The van der Waals surface area contributed by atoms with Gasteiger partial charge in [-0.05, 0) is 75.0 Å². The van der Waals surface area contributed by atoms with E-state index in [-0.39, 0.29) is 30.1 Å². The number of rotatable bonds is 7. The summed E-state index contributed by atoms with van der Waals surface area (Å²) < 4.78 is 44.2. The molecule has 2 heterocycles. The summed E-state index contributed by atoms with van der Waals surface area (Å²) >= 11 is 0. The van der Waals surface area contributed by atoms with Crippen molar-refractivity contribution in [2.45, 2.75) is 56.0 Å². The number of aromatic nitrogens is 1. The predicted octanol–water partition coefficient (Wildman–Crippen LogP) is 4.45. The Balaban J connectivity index is 1.09. The highest BCUT2D eigenvalue weighted by molar-refractivity contribution is 5.96. The van der Waals surface area contributed by atoms with E-state index in [0.29, 0.717) is 31.8 Å². The van der Waals surface area contributed by atoms with Gasteiger partial charge in [-0.1, -0.05) is 18.2 Å². The lowest BCUT2D eigenvalue weighted by Gasteiger charge is -2.41. The van der Waals surface area contributed by atoms with Crippen LogP contribution < -0.4 is 5.32 Å². The van der Waals surface area contributed by atoms with Crippen molar-refractivity contribution in [1.29, 1.82) is 0 Å². The summed E-state index contributed by atoms with van der Waals surface area (Å²) in [5, 5.41) is 13.8. The number of likely N-dealkylation sites (N-methyl/N-ethyl adjacent to an activating group) is 1. The molecule has 1 unspecified atom stereocenters. The minimum Gasteiger partial charge on any atom is -0.445 e. The van der Waals surface area contributed by atoms with Crippen LogP contribution in [0.25, 0.3) is 11.5 Å². The first kappa shape index (κ1) is 28.8. The van der Waals surface area contributed by atoms with Crippen LogP contribution in [-0.4, -0.2) is 70.5 Å². The van der Waals surface area contributed by atoms with Crippen molar-refractivity contribution in [3.8, 4) is 11.5 Å². The number of amides is 2. The van der Waals surface area contributed by atoms with E-state index in [0.717, 1.165) is 42.5 Å². The standard InChI is InChI=1S/C30H33F3N4O4/c1-36(24-9-12-29(40,13-10-24)22-7-5-20(6-8-22)28-34-14-16-41-28)25-11-15-37(19-25)26(38)18-35-27(39)21-3-2-4-23(17-21)30(31,32)33/h2-8,14,16-17,24-25,40H,9-13,15,18-19H2,1H3,(H,35,39). The van der Waals surface area contributed by atoms with Crippen LogP contribution in [0.3, 0.4) is 0 Å². The Hall–Kier alpha value is -3.70. The Labute approximate surface area is 236 Å². The van der Waals surface area contributed by atoms with E-state index < -0.39 is 23.2 Å². The summed E-state index contributed by atoms with van der Waals surface area (Å²) in [6.45, 7) is 0.773. The zero-order valence-electron chi connectivity index (χ0n) is 22.7. The molecule has 2 fully saturated rings. The number of nitrogens with one attached hydrogen (secondary N) is 1. The molecule has 2 aliphatic rings. The van der Waals surface area contributed by atoms with Crippen molar-refractivity contribution in [3.05, 3.63) is 77.7 Å². The number of likely N-dealkylation sites (tertiary alicyclic amines) is 1. The summed E-state index contributed by atoms with van der Waals surface area (Å²) in [7, 11) is 2.05. The van der Waals surface area contributed by atoms with Crippen molar-refractivity contribution >= 4 is 11.8 Å². The van der Waals surface area contributed by atoms with Crippen molar-refractivity contribution in [1.82, 2.24) is 20.1 Å². The molecule has 1 saturated carbocycles. The number of halogens is 3. The van der Waals surface area contributed by atoms with Gasteiger partial charge in [0.2, 0.25) is 11.8 Å². The third kappa shape index (κ3) is 6.46. The minimum absolute atomic E-state index is 0.144. The van der Waals surface area contributed by atoms with Crippen LogP contribution in [-0.2, 0) is 16.6 Å². The van der Waals surface area contributed by atoms with Gasteiger partial charge in [0.05, 0.1) is 23.9 Å². The Morgan fingerprint density at radius 2 is 1.85 bits per heavy atom. The maximum Gasteiger partial charge on any atom is 0.416 e. The zero-order valence-corrected chi connectivity index (χ0v) is 22.7. The third-order valence-electron chi connectivity index (χ3n) is 8.40. The molecule has 0 bridgehead atoms. The molecule has 0 radical (unpaired) electrons. The Morgan fingerprint density at radius 3 is 2.51 bits per heavy atom. The quantitative estimate of drug-likeness (QED) is 0.436. The first-order valence-electron chi connectivity index (χ1n) is 13.7. The first-order valence-corrected chi connectivity index (χ1v) is 13.7. The molecule has 8 nitrogen and oxygen atoms in total. The van der Waals surface area contributed by atoms with Gasteiger partial charge in [-0.2, -0.15) is 13.2 Å². The summed E-state index contributed by atoms with van der Waals surface area (Å²) in [5.41, 5.74) is -0.231. The SMILES string of the molecule is CN(C1CCC(O)(c2ccc(-c3ncco3)cc2)CC1)C1CCN(C(=O)CNC(=O)c2cccc(C(F)(F)F)c2)C1. The number of benzene rings is 2. The maximum absolute atomic E-state index is 12.9. The molecule has 3 aromatic rings. The number of oxazole rings is 1. The number of hydrogen-bond acceptors (Lipinski definition) is 6. The molecule has 1 aliphatic carbocycles. The van der Waals surface area contributed by atoms with Gasteiger partial charge in [-0.15, -0.1) is 0 Å². The molecule has 1 aromatic heterocycles. The molecule has 5 rings (SSSR count). The maximum atomic E-state index is 12.9. The molecule has 1 aliphatic heterocycles. The Morgan fingerprint density at radius 1 is 1.12 bits per heavy atom. The molecule has 0 spiro atoms. The molecule has 2 N–H and O–H groups in total. The summed E-state index contributed by atoms with van der Waals surface area (Å²) in [6.07, 6.45) is 2.22. The minimum atomic E-state index is -4.55. The highest BCUT2D eigenvalue weighted by atomic mass is 19.4. The van der Waals surface area contributed by atoms with E-state index in [2.05, 4.69) is 15.2 Å². The number of carbonyl (C=O) groups is 2. The normalized spacial score (nSPS) is 23.1. The molecule has 2 aromatic carbocycles. The number of alkyl halides is 3. The van der Waals surface area contributed by atoms with E-state index in [1.807, 2.05) is 31.3 Å². The molecule has 1 saturated heterocycles. The van der Waals surface area contributed by atoms with Crippen LogP contribution >= 0.6 is 0 Å². The van der Waals surface area contributed by atoms with Gasteiger partial charge in [0.15, 0.2) is 0 Å². The van der Waals surface area contributed by atoms with Crippen LogP contribution in [0.5, 0.6) is 0 Å². The van der Waals surface area contributed by atoms with Crippen molar-refractivity contribution < 1.29 is 32.3 Å². The number of nitrogens with zero attached hydrogens (tertiary/aromatic N) is 3. The zero-order chi connectivity index (χ0) is 29.2. The molecule has 41 heavy (non-hydrogen) atoms. The average Bonchev–Trinajstić information content (AvgIpc) is 3.69. The van der Waals surface area contributed by atoms with Crippen LogP contribution in [0.4, 0.5) is 13.2 Å². The largest absolute Gasteiger partial charge is 0.445 e. The van der Waals surface area contributed by atoms with Crippen LogP contribution in [0.2, 0.25) is 0 Å². The lowest BCUT2D eigenvalue weighted by molar-refractivity contribution is -0.137. The van der Waals surface area contributed by atoms with E-state index >= 15 is 0 Å². The molecule has 11 heteroatoms. The first-order chi connectivity index (χ1) is 19.5. The fraction of sp³-hybridized carbons (Fsp3) is 0.433. The molecule has 2 amide bonds. The van der Waals surface area contributed by atoms with Crippen LogP contribution in [0, 0.1) is 0 Å². The summed E-state index contributed by atoms with van der Waals surface area (Å²) in [6, 6.07) is 12.2.